The van der Waals surface area contributed by atoms with Crippen LogP contribution >= 0.6 is 0 Å². The number of methoxy groups -OCH3 is 1. The molecule has 1 N–H and O–H groups in total. The smallest absolute Gasteiger partial charge is 0.337 e. The Morgan fingerprint density at radius 1 is 1.05 bits per heavy atom. The van der Waals surface area contributed by atoms with E-state index in [1.165, 1.54) is 31.4 Å². The lowest BCUT2D eigenvalue weighted by Gasteiger charge is -2.08. The van der Waals surface area contributed by atoms with E-state index in [1.807, 2.05) is 0 Å². The van der Waals surface area contributed by atoms with Gasteiger partial charge in [-0.25, -0.2) is 9.18 Å². The largest absolute Gasteiger partial charge is 0.484 e. The number of benzene rings is 2. The van der Waals surface area contributed by atoms with Gasteiger partial charge in [0.05, 0.1) is 12.7 Å². The molecule has 0 radical (unpaired) electrons. The number of amides is 1. The van der Waals surface area contributed by atoms with Gasteiger partial charge in [0.15, 0.2) is 6.61 Å². The van der Waals surface area contributed by atoms with Crippen molar-refractivity contribution in [3.63, 3.8) is 0 Å². The first-order valence-corrected chi connectivity index (χ1v) is 6.45. The van der Waals surface area contributed by atoms with Gasteiger partial charge < -0.3 is 14.8 Å². The Bertz CT molecular complexity index is 653. The highest BCUT2D eigenvalue weighted by atomic mass is 19.1. The van der Waals surface area contributed by atoms with Crippen molar-refractivity contribution in [2.24, 2.45) is 0 Å². The van der Waals surface area contributed by atoms with Crippen LogP contribution in [-0.2, 0) is 9.53 Å². The third kappa shape index (κ3) is 4.31. The average molecular weight is 303 g/mol. The van der Waals surface area contributed by atoms with Crippen molar-refractivity contribution in [2.45, 2.75) is 0 Å². The Morgan fingerprint density at radius 2 is 1.68 bits per heavy atom. The molecule has 1 amide bonds. The maximum absolute atomic E-state index is 12.7. The number of esters is 1. The van der Waals surface area contributed by atoms with Gasteiger partial charge >= 0.3 is 5.97 Å². The Labute approximate surface area is 126 Å². The molecule has 0 bridgehead atoms. The van der Waals surface area contributed by atoms with Crippen LogP contribution < -0.4 is 10.1 Å². The van der Waals surface area contributed by atoms with Crippen LogP contribution in [0.5, 0.6) is 5.75 Å². The van der Waals surface area contributed by atoms with Crippen LogP contribution in [0.1, 0.15) is 10.4 Å². The summed E-state index contributed by atoms with van der Waals surface area (Å²) in [6.07, 6.45) is 0. The predicted octanol–water partition coefficient (Wildman–Crippen LogP) is 2.63. The monoisotopic (exact) mass is 303 g/mol. The number of hydrogen-bond acceptors (Lipinski definition) is 4. The Morgan fingerprint density at radius 3 is 2.27 bits per heavy atom. The minimum absolute atomic E-state index is 0.204. The zero-order valence-electron chi connectivity index (χ0n) is 11.8. The van der Waals surface area contributed by atoms with E-state index >= 15 is 0 Å². The molecular formula is C16H14FNO4. The summed E-state index contributed by atoms with van der Waals surface area (Å²) in [5.74, 6) is -0.784. The number of ether oxygens (including phenoxy) is 2. The molecule has 0 unspecified atom stereocenters. The highest BCUT2D eigenvalue weighted by molar-refractivity contribution is 5.93. The van der Waals surface area contributed by atoms with Gasteiger partial charge in [0.1, 0.15) is 11.6 Å². The van der Waals surface area contributed by atoms with Gasteiger partial charge in [-0.2, -0.15) is 0 Å². The number of carbonyl (C=O) groups excluding carboxylic acids is 2. The minimum Gasteiger partial charge on any atom is -0.484 e. The van der Waals surface area contributed by atoms with Gasteiger partial charge in [-0.15, -0.1) is 0 Å². The van der Waals surface area contributed by atoms with Crippen LogP contribution in [-0.4, -0.2) is 25.6 Å². The molecular weight excluding hydrogens is 289 g/mol. The van der Waals surface area contributed by atoms with Crippen LogP contribution in [0.3, 0.4) is 0 Å². The zero-order chi connectivity index (χ0) is 15.9. The highest BCUT2D eigenvalue weighted by Gasteiger charge is 2.07. The van der Waals surface area contributed by atoms with Crippen molar-refractivity contribution < 1.29 is 23.5 Å². The number of hydrogen-bond donors (Lipinski definition) is 1. The summed E-state index contributed by atoms with van der Waals surface area (Å²) in [5.41, 5.74) is 0.920. The van der Waals surface area contributed by atoms with E-state index in [4.69, 9.17) is 4.74 Å². The first-order valence-electron chi connectivity index (χ1n) is 6.45. The molecule has 6 heteroatoms. The third-order valence-electron chi connectivity index (χ3n) is 2.77. The van der Waals surface area contributed by atoms with Gasteiger partial charge in [0.2, 0.25) is 0 Å². The normalized spacial score (nSPS) is 9.91. The molecule has 0 aliphatic carbocycles. The first-order chi connectivity index (χ1) is 10.6. The maximum atomic E-state index is 12.7. The van der Waals surface area contributed by atoms with Crippen LogP contribution in [0.2, 0.25) is 0 Å². The number of nitrogens with one attached hydrogen (secondary N) is 1. The summed E-state index contributed by atoms with van der Waals surface area (Å²) >= 11 is 0. The van der Waals surface area contributed by atoms with Gasteiger partial charge in [0, 0.05) is 5.69 Å². The second-order valence-corrected chi connectivity index (χ2v) is 4.36. The van der Waals surface area contributed by atoms with E-state index in [2.05, 4.69) is 10.1 Å². The van der Waals surface area contributed by atoms with E-state index in [0.717, 1.165) is 0 Å². The molecule has 0 heterocycles. The van der Waals surface area contributed by atoms with Crippen LogP contribution in [0.4, 0.5) is 10.1 Å². The fraction of sp³-hybridized carbons (Fsp3) is 0.125. The van der Waals surface area contributed by atoms with Crippen LogP contribution in [0.25, 0.3) is 0 Å². The molecule has 0 atom stereocenters. The zero-order valence-corrected chi connectivity index (χ0v) is 11.8. The summed E-state index contributed by atoms with van der Waals surface area (Å²) in [6, 6.07) is 11.6. The number of anilines is 1. The van der Waals surface area contributed by atoms with Crippen molar-refractivity contribution in [1.29, 1.82) is 0 Å². The Kier molecular flexibility index (Phi) is 5.08. The summed E-state index contributed by atoms with van der Waals surface area (Å²) in [7, 11) is 1.30. The van der Waals surface area contributed by atoms with Crippen molar-refractivity contribution in [3.05, 3.63) is 59.9 Å². The summed E-state index contributed by atoms with van der Waals surface area (Å²) in [6.45, 7) is -0.204. The predicted molar refractivity (Wildman–Crippen MR) is 78.3 cm³/mol. The SMILES string of the molecule is COC(=O)c1ccc(NC(=O)COc2ccc(F)cc2)cc1. The highest BCUT2D eigenvalue weighted by Crippen LogP contribution is 2.12. The summed E-state index contributed by atoms with van der Waals surface area (Å²) in [4.78, 5) is 23.0. The Balaban J connectivity index is 1.86. The van der Waals surface area contributed by atoms with E-state index < -0.39 is 5.97 Å². The molecule has 0 saturated heterocycles. The number of carbonyl (C=O) groups is 2. The topological polar surface area (TPSA) is 64.6 Å². The van der Waals surface area contributed by atoms with Crippen molar-refractivity contribution >= 4 is 17.6 Å². The lowest BCUT2D eigenvalue weighted by molar-refractivity contribution is -0.118. The molecule has 2 aromatic carbocycles. The Hall–Kier alpha value is -2.89. The molecule has 5 nitrogen and oxygen atoms in total. The summed E-state index contributed by atoms with van der Waals surface area (Å²) < 4.78 is 22.5. The van der Waals surface area contributed by atoms with E-state index in [1.54, 1.807) is 24.3 Å². The van der Waals surface area contributed by atoms with Crippen molar-refractivity contribution in [1.82, 2.24) is 0 Å². The molecule has 22 heavy (non-hydrogen) atoms. The quantitative estimate of drug-likeness (QED) is 0.862. The number of halogens is 1. The molecule has 2 rings (SSSR count). The molecule has 0 aromatic heterocycles. The standard InChI is InChI=1S/C16H14FNO4/c1-21-16(20)11-2-6-13(7-3-11)18-15(19)10-22-14-8-4-12(17)5-9-14/h2-9H,10H2,1H3,(H,18,19). The average Bonchev–Trinajstić information content (AvgIpc) is 2.54. The molecule has 2 aromatic rings. The molecule has 114 valence electrons. The fourth-order valence-corrected chi connectivity index (χ4v) is 1.68. The molecule has 0 saturated carbocycles. The summed E-state index contributed by atoms with van der Waals surface area (Å²) in [5, 5.41) is 2.62. The van der Waals surface area contributed by atoms with Gasteiger partial charge in [-0.05, 0) is 48.5 Å². The van der Waals surface area contributed by atoms with Crippen LogP contribution in [0, 0.1) is 5.82 Å². The third-order valence-corrected chi connectivity index (χ3v) is 2.77. The second-order valence-electron chi connectivity index (χ2n) is 4.36. The second kappa shape index (κ2) is 7.21. The van der Waals surface area contributed by atoms with E-state index in [0.29, 0.717) is 17.0 Å². The maximum Gasteiger partial charge on any atom is 0.337 e. The van der Waals surface area contributed by atoms with Gasteiger partial charge in [0.25, 0.3) is 5.91 Å². The molecule has 0 spiro atoms. The van der Waals surface area contributed by atoms with Gasteiger partial charge in [-0.1, -0.05) is 0 Å². The number of rotatable bonds is 5. The molecule has 0 aliphatic rings. The first kappa shape index (κ1) is 15.5. The molecule has 0 fully saturated rings. The fourth-order valence-electron chi connectivity index (χ4n) is 1.68. The van der Waals surface area contributed by atoms with E-state index in [9.17, 15) is 14.0 Å². The van der Waals surface area contributed by atoms with Crippen molar-refractivity contribution in [2.75, 3.05) is 19.0 Å². The molecule has 0 aliphatic heterocycles. The lowest BCUT2D eigenvalue weighted by Crippen LogP contribution is -2.20. The van der Waals surface area contributed by atoms with Gasteiger partial charge in [-0.3, -0.25) is 4.79 Å². The van der Waals surface area contributed by atoms with Crippen molar-refractivity contribution in [3.8, 4) is 5.75 Å². The van der Waals surface area contributed by atoms with E-state index in [-0.39, 0.29) is 18.3 Å². The lowest BCUT2D eigenvalue weighted by atomic mass is 10.2. The van der Waals surface area contributed by atoms with Crippen LogP contribution in [0.15, 0.2) is 48.5 Å². The minimum atomic E-state index is -0.447.